The zero-order valence-corrected chi connectivity index (χ0v) is 12.4. The summed E-state index contributed by atoms with van der Waals surface area (Å²) in [6, 6.07) is 8.66. The smallest absolute Gasteiger partial charge is 0.195 e. The zero-order valence-electron chi connectivity index (χ0n) is 12.4. The molecule has 100 valence electrons. The number of aryl methyl sites for hydroxylation is 1. The van der Waals surface area contributed by atoms with E-state index in [1.807, 2.05) is 38.0 Å². The Hall–Kier alpha value is -1.51. The van der Waals surface area contributed by atoms with Crippen molar-refractivity contribution in [3.63, 3.8) is 0 Å². The first-order chi connectivity index (χ1) is 8.41. The van der Waals surface area contributed by atoms with E-state index in [9.17, 15) is 0 Å². The highest BCUT2D eigenvalue weighted by molar-refractivity contribution is 5.79. The van der Waals surface area contributed by atoms with Crippen molar-refractivity contribution in [2.75, 3.05) is 34.7 Å². The molecule has 3 heteroatoms. The molecule has 0 bridgehead atoms. The number of benzene rings is 1. The first-order valence-corrected chi connectivity index (χ1v) is 6.37. The lowest BCUT2D eigenvalue weighted by atomic mass is 10.00. The number of hydrogen-bond acceptors (Lipinski definition) is 1. The second-order valence-corrected chi connectivity index (χ2v) is 5.24. The molecule has 0 spiro atoms. The highest BCUT2D eigenvalue weighted by Gasteiger charge is 2.08. The van der Waals surface area contributed by atoms with Crippen molar-refractivity contribution in [3.05, 3.63) is 35.4 Å². The number of guanidine groups is 1. The van der Waals surface area contributed by atoms with Crippen molar-refractivity contribution in [2.24, 2.45) is 4.99 Å². The zero-order chi connectivity index (χ0) is 13.7. The average molecular weight is 247 g/mol. The van der Waals surface area contributed by atoms with E-state index in [2.05, 4.69) is 38.1 Å². The lowest BCUT2D eigenvalue weighted by Crippen LogP contribution is -2.35. The summed E-state index contributed by atoms with van der Waals surface area (Å²) in [5, 5.41) is 0. The van der Waals surface area contributed by atoms with E-state index >= 15 is 0 Å². The molecule has 0 aliphatic heterocycles. The summed E-state index contributed by atoms with van der Waals surface area (Å²) in [5.41, 5.74) is 2.67. The van der Waals surface area contributed by atoms with Crippen LogP contribution >= 0.6 is 0 Å². The van der Waals surface area contributed by atoms with Crippen molar-refractivity contribution >= 4 is 5.96 Å². The van der Waals surface area contributed by atoms with Crippen LogP contribution in [0.2, 0.25) is 0 Å². The van der Waals surface area contributed by atoms with Gasteiger partial charge in [0, 0.05) is 40.7 Å². The minimum Gasteiger partial charge on any atom is -0.349 e. The molecule has 0 saturated heterocycles. The molecule has 0 amide bonds. The molecule has 1 aromatic rings. The first-order valence-electron chi connectivity index (χ1n) is 6.37. The number of hydrogen-bond donors (Lipinski definition) is 0. The first kappa shape index (κ1) is 14.6. The Labute approximate surface area is 111 Å². The van der Waals surface area contributed by atoms with Gasteiger partial charge < -0.3 is 9.80 Å². The van der Waals surface area contributed by atoms with Gasteiger partial charge in [0.25, 0.3) is 0 Å². The predicted molar refractivity (Wildman–Crippen MR) is 79.3 cm³/mol. The van der Waals surface area contributed by atoms with E-state index in [-0.39, 0.29) is 0 Å². The van der Waals surface area contributed by atoms with Crippen molar-refractivity contribution < 1.29 is 0 Å². The molecule has 0 saturated carbocycles. The van der Waals surface area contributed by atoms with Gasteiger partial charge in [-0.3, -0.25) is 4.99 Å². The molecule has 1 atom stereocenters. The molecule has 1 unspecified atom stereocenters. The van der Waals surface area contributed by atoms with Gasteiger partial charge >= 0.3 is 0 Å². The molecule has 0 aliphatic rings. The molecule has 0 fully saturated rings. The topological polar surface area (TPSA) is 18.8 Å². The Morgan fingerprint density at radius 3 is 2.28 bits per heavy atom. The third-order valence-electron chi connectivity index (χ3n) is 2.92. The van der Waals surface area contributed by atoms with Gasteiger partial charge in [-0.15, -0.1) is 0 Å². The highest BCUT2D eigenvalue weighted by atomic mass is 15.3. The Morgan fingerprint density at radius 1 is 1.17 bits per heavy atom. The summed E-state index contributed by atoms with van der Waals surface area (Å²) in [5.74, 6) is 1.45. The third kappa shape index (κ3) is 4.06. The van der Waals surface area contributed by atoms with Crippen molar-refractivity contribution in [2.45, 2.75) is 19.8 Å². The van der Waals surface area contributed by atoms with Gasteiger partial charge in [0.15, 0.2) is 5.96 Å². The quantitative estimate of drug-likeness (QED) is 0.604. The maximum Gasteiger partial charge on any atom is 0.195 e. The minimum absolute atomic E-state index is 0.444. The van der Waals surface area contributed by atoms with E-state index < -0.39 is 0 Å². The Balaban J connectivity index is 2.75. The molecule has 0 N–H and O–H groups in total. The second kappa shape index (κ2) is 6.43. The predicted octanol–water partition coefficient (Wildman–Crippen LogP) is 2.58. The van der Waals surface area contributed by atoms with Gasteiger partial charge in [0.2, 0.25) is 0 Å². The van der Waals surface area contributed by atoms with E-state index in [0.717, 1.165) is 12.5 Å². The number of nitrogens with zero attached hydrogens (tertiary/aromatic N) is 3. The molecule has 0 heterocycles. The van der Waals surface area contributed by atoms with Gasteiger partial charge in [-0.05, 0) is 12.5 Å². The lowest BCUT2D eigenvalue weighted by molar-refractivity contribution is 0.478. The van der Waals surface area contributed by atoms with E-state index in [1.54, 1.807) is 0 Å². The van der Waals surface area contributed by atoms with Crippen LogP contribution < -0.4 is 0 Å². The van der Waals surface area contributed by atoms with Gasteiger partial charge in [0.1, 0.15) is 0 Å². The maximum absolute atomic E-state index is 4.70. The molecule has 1 rings (SSSR count). The summed E-state index contributed by atoms with van der Waals surface area (Å²) < 4.78 is 0. The van der Waals surface area contributed by atoms with Crippen molar-refractivity contribution in [1.82, 2.24) is 9.80 Å². The van der Waals surface area contributed by atoms with Crippen LogP contribution in [0.3, 0.4) is 0 Å². The van der Waals surface area contributed by atoms with Crippen LogP contribution in [0.1, 0.15) is 24.0 Å². The van der Waals surface area contributed by atoms with Crippen molar-refractivity contribution in [1.29, 1.82) is 0 Å². The molecular weight excluding hydrogens is 222 g/mol. The molecule has 18 heavy (non-hydrogen) atoms. The summed E-state index contributed by atoms with van der Waals surface area (Å²) in [6.45, 7) is 5.17. The standard InChI is InChI=1S/C15H25N3/c1-12-8-7-9-14(10-12)13(2)11-16-15(17(3)4)18(5)6/h7-10,13H,11H2,1-6H3. The minimum atomic E-state index is 0.444. The van der Waals surface area contributed by atoms with Crippen LogP contribution in [-0.4, -0.2) is 50.5 Å². The van der Waals surface area contributed by atoms with Crippen LogP contribution in [0.15, 0.2) is 29.3 Å². The van der Waals surface area contributed by atoms with Crippen LogP contribution in [0.4, 0.5) is 0 Å². The molecule has 1 aromatic carbocycles. The average Bonchev–Trinajstić information content (AvgIpc) is 2.28. The van der Waals surface area contributed by atoms with Gasteiger partial charge in [-0.2, -0.15) is 0 Å². The van der Waals surface area contributed by atoms with Crippen LogP contribution in [0.25, 0.3) is 0 Å². The van der Waals surface area contributed by atoms with Crippen LogP contribution in [-0.2, 0) is 0 Å². The number of rotatable bonds is 3. The highest BCUT2D eigenvalue weighted by Crippen LogP contribution is 2.16. The Morgan fingerprint density at radius 2 is 1.78 bits per heavy atom. The number of aliphatic imine (C=N–C) groups is 1. The normalized spacial score (nSPS) is 11.9. The van der Waals surface area contributed by atoms with E-state index in [1.165, 1.54) is 11.1 Å². The molecule has 0 aliphatic carbocycles. The summed E-state index contributed by atoms with van der Waals surface area (Å²) in [6.07, 6.45) is 0. The Bertz CT molecular complexity index is 398. The fraction of sp³-hybridized carbons (Fsp3) is 0.533. The van der Waals surface area contributed by atoms with Gasteiger partial charge in [-0.25, -0.2) is 0 Å². The monoisotopic (exact) mass is 247 g/mol. The Kier molecular flexibility index (Phi) is 5.20. The van der Waals surface area contributed by atoms with E-state index in [0.29, 0.717) is 5.92 Å². The maximum atomic E-state index is 4.70. The van der Waals surface area contributed by atoms with Gasteiger partial charge in [-0.1, -0.05) is 36.8 Å². The third-order valence-corrected chi connectivity index (χ3v) is 2.92. The summed E-state index contributed by atoms with van der Waals surface area (Å²) in [7, 11) is 8.10. The molecule has 3 nitrogen and oxygen atoms in total. The van der Waals surface area contributed by atoms with Crippen molar-refractivity contribution in [3.8, 4) is 0 Å². The largest absolute Gasteiger partial charge is 0.349 e. The van der Waals surface area contributed by atoms with Crippen LogP contribution in [0, 0.1) is 6.92 Å². The molecule has 0 radical (unpaired) electrons. The summed E-state index contributed by atoms with van der Waals surface area (Å²) >= 11 is 0. The van der Waals surface area contributed by atoms with Gasteiger partial charge in [0.05, 0.1) is 0 Å². The summed E-state index contributed by atoms with van der Waals surface area (Å²) in [4.78, 5) is 8.79. The molecule has 0 aromatic heterocycles. The molecular formula is C15H25N3. The van der Waals surface area contributed by atoms with Crippen LogP contribution in [0.5, 0.6) is 0 Å². The fourth-order valence-corrected chi connectivity index (χ4v) is 1.98. The SMILES string of the molecule is Cc1cccc(C(C)CN=C(N(C)C)N(C)C)c1. The fourth-order valence-electron chi connectivity index (χ4n) is 1.98. The van der Waals surface area contributed by atoms with E-state index in [4.69, 9.17) is 4.99 Å². The second-order valence-electron chi connectivity index (χ2n) is 5.24. The lowest BCUT2D eigenvalue weighted by Gasteiger charge is -2.23.